The molecule has 2 aliphatic heterocycles. The Balaban J connectivity index is 1.06. The molecule has 0 atom stereocenters. The summed E-state index contributed by atoms with van der Waals surface area (Å²) < 4.78 is 9.46. The lowest BCUT2D eigenvalue weighted by Crippen LogP contribution is -2.59. The van der Waals surface area contributed by atoms with Crippen LogP contribution < -0.4 is 30.9 Å². The highest BCUT2D eigenvalue weighted by molar-refractivity contribution is 7.26. The molecule has 9 aromatic carbocycles. The average molecular weight is 745 g/mol. The number of hydrogen-bond acceptors (Lipinski definition) is 4. The summed E-state index contributed by atoms with van der Waals surface area (Å²) in [6.45, 7) is 0.0467. The van der Waals surface area contributed by atoms with Crippen LogP contribution in [-0.2, 0) is 0 Å². The van der Waals surface area contributed by atoms with Gasteiger partial charge in [0, 0.05) is 54.0 Å². The van der Waals surface area contributed by atoms with E-state index in [1.807, 2.05) is 11.3 Å². The number of benzene rings is 9. The van der Waals surface area contributed by atoms with Gasteiger partial charge < -0.3 is 14.5 Å². The van der Waals surface area contributed by atoms with Crippen LogP contribution in [0.3, 0.4) is 0 Å². The van der Waals surface area contributed by atoms with E-state index >= 15 is 0 Å². The Morgan fingerprint density at radius 3 is 1.91 bits per heavy atom. The first-order valence-corrected chi connectivity index (χ1v) is 20.3. The molecule has 10 aromatic rings. The van der Waals surface area contributed by atoms with Gasteiger partial charge in [0.05, 0.1) is 5.69 Å². The van der Waals surface area contributed by atoms with Gasteiger partial charge in [0.15, 0.2) is 0 Å². The number of hydrogen-bond donors (Lipinski definition) is 0. The van der Waals surface area contributed by atoms with Crippen molar-refractivity contribution in [1.29, 1.82) is 0 Å². The minimum Gasteiger partial charge on any atom is -0.458 e. The predicted molar refractivity (Wildman–Crippen MR) is 243 cm³/mol. The fourth-order valence-corrected chi connectivity index (χ4v) is 10.4. The minimum absolute atomic E-state index is 0.0467. The molecule has 0 radical (unpaired) electrons. The van der Waals surface area contributed by atoms with Gasteiger partial charge in [0.2, 0.25) is 0 Å². The third kappa shape index (κ3) is 4.99. The maximum atomic E-state index is 6.95. The van der Waals surface area contributed by atoms with Crippen molar-refractivity contribution in [1.82, 2.24) is 0 Å². The molecule has 57 heavy (non-hydrogen) atoms. The Hall–Kier alpha value is -7.08. The van der Waals surface area contributed by atoms with Gasteiger partial charge in [-0.2, -0.15) is 0 Å². The first-order chi connectivity index (χ1) is 28.3. The van der Waals surface area contributed by atoms with E-state index in [1.54, 1.807) is 0 Å². The summed E-state index contributed by atoms with van der Waals surface area (Å²) in [5.74, 6) is 1.85. The van der Waals surface area contributed by atoms with E-state index in [9.17, 15) is 0 Å². The number of anilines is 6. The van der Waals surface area contributed by atoms with Gasteiger partial charge >= 0.3 is 0 Å². The number of para-hydroxylation sites is 3. The van der Waals surface area contributed by atoms with Crippen LogP contribution in [0.2, 0.25) is 0 Å². The highest BCUT2D eigenvalue weighted by Crippen LogP contribution is 2.48. The summed E-state index contributed by atoms with van der Waals surface area (Å²) in [4.78, 5) is 4.79. The maximum absolute atomic E-state index is 6.95. The highest BCUT2D eigenvalue weighted by Gasteiger charge is 2.41. The van der Waals surface area contributed by atoms with Crippen LogP contribution in [0.25, 0.3) is 42.1 Å². The normalized spacial score (nSPS) is 12.6. The standard InChI is InChI=1S/C52H33BN2OS/c1-4-15-34(16-5-1)35-27-29-38(30-28-35)54(36-17-6-2-7-18-36)46-33-50-51(40-22-11-10-21-39(40)46)41-31-48-43(32-49(41)57-50)53-42-23-12-13-24-44(42)55(37-19-8-3-9-20-37)45-25-14-26-47(56-48)52(45)53/h1-33H. The Morgan fingerprint density at radius 2 is 1.11 bits per heavy atom. The predicted octanol–water partition coefficient (Wildman–Crippen LogP) is 12.7. The van der Waals surface area contributed by atoms with Crippen LogP contribution >= 0.6 is 11.3 Å². The van der Waals surface area contributed by atoms with E-state index in [2.05, 4.69) is 210 Å². The number of fused-ring (bicyclic) bond motifs is 9. The lowest BCUT2D eigenvalue weighted by atomic mass is 9.34. The van der Waals surface area contributed by atoms with E-state index in [0.717, 1.165) is 39.9 Å². The molecular weight excluding hydrogens is 711 g/mol. The molecule has 266 valence electrons. The van der Waals surface area contributed by atoms with Crippen molar-refractivity contribution >= 4 is 99.5 Å². The zero-order valence-electron chi connectivity index (χ0n) is 30.8. The molecule has 0 bridgehead atoms. The van der Waals surface area contributed by atoms with Crippen LogP contribution in [-0.4, -0.2) is 6.71 Å². The summed E-state index contributed by atoms with van der Waals surface area (Å²) in [6.07, 6.45) is 0. The van der Waals surface area contributed by atoms with Crippen LogP contribution in [0.4, 0.5) is 34.1 Å². The molecule has 0 saturated heterocycles. The molecule has 5 heteroatoms. The molecule has 3 heterocycles. The molecule has 3 nitrogen and oxygen atoms in total. The second-order valence-electron chi connectivity index (χ2n) is 14.8. The van der Waals surface area contributed by atoms with Gasteiger partial charge in [-0.05, 0) is 106 Å². The number of ether oxygens (including phenoxy) is 1. The minimum atomic E-state index is 0.0467. The fourth-order valence-electron chi connectivity index (χ4n) is 9.22. The molecular formula is C52H33BN2OS. The molecule has 0 aliphatic carbocycles. The molecule has 0 unspecified atom stereocenters. The summed E-state index contributed by atoms with van der Waals surface area (Å²) in [6, 6.07) is 72.3. The van der Waals surface area contributed by atoms with Gasteiger partial charge in [0.25, 0.3) is 6.71 Å². The number of nitrogens with zero attached hydrogens (tertiary/aromatic N) is 2. The average Bonchev–Trinajstić information content (AvgIpc) is 3.64. The van der Waals surface area contributed by atoms with E-state index in [-0.39, 0.29) is 6.71 Å². The molecule has 0 fully saturated rings. The van der Waals surface area contributed by atoms with Gasteiger partial charge in [0.1, 0.15) is 11.5 Å². The molecule has 12 rings (SSSR count). The zero-order chi connectivity index (χ0) is 37.5. The molecule has 2 aliphatic rings. The summed E-state index contributed by atoms with van der Waals surface area (Å²) >= 11 is 1.87. The largest absolute Gasteiger partial charge is 0.458 e. The molecule has 0 spiro atoms. The second kappa shape index (κ2) is 12.7. The van der Waals surface area contributed by atoms with Gasteiger partial charge in [-0.15, -0.1) is 11.3 Å². The van der Waals surface area contributed by atoms with Gasteiger partial charge in [-0.3, -0.25) is 0 Å². The van der Waals surface area contributed by atoms with Crippen molar-refractivity contribution in [2.75, 3.05) is 9.80 Å². The summed E-state index contributed by atoms with van der Waals surface area (Å²) in [5.41, 5.74) is 13.0. The van der Waals surface area contributed by atoms with E-state index < -0.39 is 0 Å². The van der Waals surface area contributed by atoms with Crippen molar-refractivity contribution in [3.05, 3.63) is 200 Å². The van der Waals surface area contributed by atoms with Crippen molar-refractivity contribution in [3.8, 4) is 22.6 Å². The molecule has 0 saturated carbocycles. The van der Waals surface area contributed by atoms with Crippen molar-refractivity contribution in [2.24, 2.45) is 0 Å². The van der Waals surface area contributed by atoms with E-state index in [4.69, 9.17) is 4.74 Å². The topological polar surface area (TPSA) is 15.7 Å². The first-order valence-electron chi connectivity index (χ1n) is 19.5. The summed E-state index contributed by atoms with van der Waals surface area (Å²) in [7, 11) is 0. The van der Waals surface area contributed by atoms with Gasteiger partial charge in [-0.1, -0.05) is 127 Å². The SMILES string of the molecule is c1ccc(-c2ccc(N(c3ccccc3)c3cc4sc5cc6c(cc5c4c4ccccc34)Oc3cccc4c3B6c3ccccc3N4c3ccccc3)cc2)cc1. The van der Waals surface area contributed by atoms with Crippen LogP contribution in [0.15, 0.2) is 200 Å². The second-order valence-corrected chi connectivity index (χ2v) is 15.9. The van der Waals surface area contributed by atoms with Crippen LogP contribution in [0.5, 0.6) is 11.5 Å². The third-order valence-electron chi connectivity index (χ3n) is 11.7. The summed E-state index contributed by atoms with van der Waals surface area (Å²) in [5, 5.41) is 4.94. The Labute approximate surface area is 335 Å². The highest BCUT2D eigenvalue weighted by atomic mass is 32.1. The fraction of sp³-hybridized carbons (Fsp3) is 0. The van der Waals surface area contributed by atoms with Crippen LogP contribution in [0, 0.1) is 0 Å². The quantitative estimate of drug-likeness (QED) is 0.163. The smallest absolute Gasteiger partial charge is 0.256 e. The molecule has 0 N–H and O–H groups in total. The zero-order valence-corrected chi connectivity index (χ0v) is 31.7. The Bertz CT molecular complexity index is 3160. The monoisotopic (exact) mass is 744 g/mol. The van der Waals surface area contributed by atoms with Gasteiger partial charge in [-0.25, -0.2) is 0 Å². The van der Waals surface area contributed by atoms with E-state index in [0.29, 0.717) is 0 Å². The van der Waals surface area contributed by atoms with Crippen molar-refractivity contribution in [3.63, 3.8) is 0 Å². The third-order valence-corrected chi connectivity index (χ3v) is 12.8. The Morgan fingerprint density at radius 1 is 0.456 bits per heavy atom. The van der Waals surface area contributed by atoms with Crippen molar-refractivity contribution < 1.29 is 4.74 Å². The lowest BCUT2D eigenvalue weighted by Gasteiger charge is -2.39. The van der Waals surface area contributed by atoms with E-state index in [1.165, 1.54) is 64.1 Å². The lowest BCUT2D eigenvalue weighted by molar-refractivity contribution is 0.488. The molecule has 1 aromatic heterocycles. The Kier molecular flexibility index (Phi) is 7.19. The molecule has 0 amide bonds. The maximum Gasteiger partial charge on any atom is 0.256 e. The van der Waals surface area contributed by atoms with Crippen molar-refractivity contribution in [2.45, 2.75) is 0 Å². The number of rotatable bonds is 5. The van der Waals surface area contributed by atoms with Crippen LogP contribution in [0.1, 0.15) is 0 Å². The number of thiophene rings is 1. The first kappa shape index (κ1) is 32.2.